The lowest BCUT2D eigenvalue weighted by atomic mass is 10.1. The van der Waals surface area contributed by atoms with Crippen molar-refractivity contribution in [1.82, 2.24) is 10.2 Å². The smallest absolute Gasteiger partial charge is 0.256 e. The van der Waals surface area contributed by atoms with E-state index in [1.165, 1.54) is 0 Å². The van der Waals surface area contributed by atoms with E-state index in [0.717, 1.165) is 15.7 Å². The number of rotatable bonds is 4. The third-order valence-corrected chi connectivity index (χ3v) is 4.01. The Morgan fingerprint density at radius 2 is 1.71 bits per heavy atom. The molecule has 0 saturated heterocycles. The van der Waals surface area contributed by atoms with Crippen LogP contribution in [0.15, 0.2) is 65.1 Å². The third kappa shape index (κ3) is 3.97. The number of hydrogen-bond donors (Lipinski definition) is 2. The molecule has 0 atom stereocenters. The van der Waals surface area contributed by atoms with Gasteiger partial charge in [-0.2, -0.15) is 0 Å². The Bertz CT molecular complexity index is 865. The largest absolute Gasteiger partial charge is 0.338 e. The van der Waals surface area contributed by atoms with Crippen molar-refractivity contribution >= 4 is 39.2 Å². The van der Waals surface area contributed by atoms with Crippen LogP contribution in [0.3, 0.4) is 0 Å². The van der Waals surface area contributed by atoms with Crippen molar-refractivity contribution in [2.75, 3.05) is 10.6 Å². The van der Waals surface area contributed by atoms with Gasteiger partial charge < -0.3 is 10.6 Å². The minimum atomic E-state index is -0.209. The van der Waals surface area contributed by atoms with Gasteiger partial charge in [-0.05, 0) is 59.3 Å². The molecule has 0 aliphatic heterocycles. The average Bonchev–Trinajstić information content (AvgIpc) is 2.58. The number of hydrogen-bond acceptors (Lipinski definition) is 4. The van der Waals surface area contributed by atoms with Crippen molar-refractivity contribution < 1.29 is 4.79 Å². The highest BCUT2D eigenvalue weighted by Gasteiger charge is 2.08. The number of amides is 1. The van der Waals surface area contributed by atoms with E-state index in [4.69, 9.17) is 0 Å². The number of nitrogens with one attached hydrogen (secondary N) is 2. The van der Waals surface area contributed by atoms with E-state index in [1.54, 1.807) is 18.2 Å². The normalized spacial score (nSPS) is 10.2. The Hall–Kier alpha value is -2.73. The Morgan fingerprint density at radius 1 is 0.958 bits per heavy atom. The molecule has 0 radical (unpaired) electrons. The molecule has 2 N–H and O–H groups in total. The Kier molecular flexibility index (Phi) is 4.86. The van der Waals surface area contributed by atoms with Crippen molar-refractivity contribution in [3.8, 4) is 0 Å². The lowest BCUT2D eigenvalue weighted by Gasteiger charge is -2.08. The van der Waals surface area contributed by atoms with E-state index >= 15 is 0 Å². The third-order valence-electron chi connectivity index (χ3n) is 3.32. The second-order valence-electron chi connectivity index (χ2n) is 5.23. The number of aryl methyl sites for hydroxylation is 1. The molecule has 3 aromatic rings. The van der Waals surface area contributed by atoms with Gasteiger partial charge in [-0.1, -0.05) is 29.8 Å². The predicted molar refractivity (Wildman–Crippen MR) is 98.6 cm³/mol. The first-order valence-corrected chi connectivity index (χ1v) is 8.14. The summed E-state index contributed by atoms with van der Waals surface area (Å²) < 4.78 is 0.934. The van der Waals surface area contributed by atoms with E-state index in [-0.39, 0.29) is 5.91 Å². The fourth-order valence-corrected chi connectivity index (χ4v) is 2.52. The molecule has 2 aromatic carbocycles. The second-order valence-corrected chi connectivity index (χ2v) is 6.09. The minimum absolute atomic E-state index is 0.209. The molecule has 0 unspecified atom stereocenters. The molecule has 0 aliphatic carbocycles. The van der Waals surface area contributed by atoms with E-state index in [0.29, 0.717) is 17.2 Å². The van der Waals surface area contributed by atoms with Crippen LogP contribution in [0.25, 0.3) is 0 Å². The van der Waals surface area contributed by atoms with Crippen LogP contribution >= 0.6 is 15.9 Å². The first-order valence-electron chi connectivity index (χ1n) is 7.35. The standard InChI is InChI=1S/C18H15BrN4O/c1-12-5-4-6-13(11-12)18(24)21-17-10-9-16(22-23-17)20-15-8-3-2-7-14(15)19/h2-11H,1H3,(H,20,22)(H,21,23,24). The molecule has 0 spiro atoms. The Morgan fingerprint density at radius 3 is 2.42 bits per heavy atom. The number of carbonyl (C=O) groups excluding carboxylic acids is 1. The fourth-order valence-electron chi connectivity index (χ4n) is 2.14. The van der Waals surface area contributed by atoms with Crippen LogP contribution in [0.2, 0.25) is 0 Å². The van der Waals surface area contributed by atoms with Crippen molar-refractivity contribution in [2.24, 2.45) is 0 Å². The van der Waals surface area contributed by atoms with Gasteiger partial charge in [-0.3, -0.25) is 4.79 Å². The van der Waals surface area contributed by atoms with E-state index in [1.807, 2.05) is 49.4 Å². The van der Waals surface area contributed by atoms with Crippen molar-refractivity contribution in [3.63, 3.8) is 0 Å². The minimum Gasteiger partial charge on any atom is -0.338 e. The topological polar surface area (TPSA) is 66.9 Å². The lowest BCUT2D eigenvalue weighted by Crippen LogP contribution is -2.13. The summed E-state index contributed by atoms with van der Waals surface area (Å²) in [4.78, 5) is 12.2. The molecule has 24 heavy (non-hydrogen) atoms. The lowest BCUT2D eigenvalue weighted by molar-refractivity contribution is 0.102. The van der Waals surface area contributed by atoms with Crippen LogP contribution in [0, 0.1) is 6.92 Å². The van der Waals surface area contributed by atoms with Gasteiger partial charge in [0.15, 0.2) is 11.6 Å². The van der Waals surface area contributed by atoms with Crippen molar-refractivity contribution in [1.29, 1.82) is 0 Å². The molecule has 0 saturated carbocycles. The zero-order chi connectivity index (χ0) is 16.9. The summed E-state index contributed by atoms with van der Waals surface area (Å²) in [5.41, 5.74) is 2.51. The molecular formula is C18H15BrN4O. The maximum absolute atomic E-state index is 12.2. The summed E-state index contributed by atoms with van der Waals surface area (Å²) in [7, 11) is 0. The monoisotopic (exact) mass is 382 g/mol. The first kappa shape index (κ1) is 16.1. The quantitative estimate of drug-likeness (QED) is 0.694. The number of carbonyl (C=O) groups is 1. The Balaban J connectivity index is 1.68. The molecule has 1 amide bonds. The number of halogens is 1. The SMILES string of the molecule is Cc1cccc(C(=O)Nc2ccc(Nc3ccccc3Br)nn2)c1. The van der Waals surface area contributed by atoms with Gasteiger partial charge in [0.1, 0.15) is 0 Å². The number of anilines is 3. The zero-order valence-corrected chi connectivity index (χ0v) is 14.5. The van der Waals surface area contributed by atoms with Crippen molar-refractivity contribution in [3.05, 3.63) is 76.3 Å². The predicted octanol–water partition coefficient (Wildman–Crippen LogP) is 4.54. The van der Waals surface area contributed by atoms with Gasteiger partial charge in [0.05, 0.1) is 5.69 Å². The van der Waals surface area contributed by atoms with E-state index in [9.17, 15) is 4.79 Å². The molecule has 0 bridgehead atoms. The highest BCUT2D eigenvalue weighted by molar-refractivity contribution is 9.10. The molecule has 1 aromatic heterocycles. The van der Waals surface area contributed by atoms with Crippen LogP contribution in [0.5, 0.6) is 0 Å². The highest BCUT2D eigenvalue weighted by atomic mass is 79.9. The molecule has 6 heteroatoms. The van der Waals surface area contributed by atoms with Gasteiger partial charge in [0.25, 0.3) is 5.91 Å². The summed E-state index contributed by atoms with van der Waals surface area (Å²) in [5.74, 6) is 0.786. The first-order chi connectivity index (χ1) is 11.6. The summed E-state index contributed by atoms with van der Waals surface area (Å²) in [6, 6.07) is 18.6. The maximum Gasteiger partial charge on any atom is 0.256 e. The van der Waals surface area contributed by atoms with Crippen LogP contribution < -0.4 is 10.6 Å². The highest BCUT2D eigenvalue weighted by Crippen LogP contribution is 2.24. The van der Waals surface area contributed by atoms with Crippen LogP contribution in [-0.4, -0.2) is 16.1 Å². The van der Waals surface area contributed by atoms with Gasteiger partial charge in [-0.15, -0.1) is 10.2 Å². The van der Waals surface area contributed by atoms with Crippen LogP contribution in [0.1, 0.15) is 15.9 Å². The molecule has 0 fully saturated rings. The van der Waals surface area contributed by atoms with Crippen molar-refractivity contribution in [2.45, 2.75) is 6.92 Å². The molecule has 120 valence electrons. The van der Waals surface area contributed by atoms with E-state index < -0.39 is 0 Å². The summed E-state index contributed by atoms with van der Waals surface area (Å²) >= 11 is 3.46. The molecule has 0 aliphatic rings. The number of benzene rings is 2. The number of para-hydroxylation sites is 1. The van der Waals surface area contributed by atoms with Gasteiger partial charge in [0, 0.05) is 10.0 Å². The van der Waals surface area contributed by atoms with Crippen LogP contribution in [-0.2, 0) is 0 Å². The summed E-state index contributed by atoms with van der Waals surface area (Å²) in [6.45, 7) is 1.94. The van der Waals surface area contributed by atoms with Gasteiger partial charge >= 0.3 is 0 Å². The van der Waals surface area contributed by atoms with E-state index in [2.05, 4.69) is 36.8 Å². The number of aromatic nitrogens is 2. The fraction of sp³-hybridized carbons (Fsp3) is 0.0556. The average molecular weight is 383 g/mol. The second kappa shape index (κ2) is 7.23. The van der Waals surface area contributed by atoms with Gasteiger partial charge in [0.2, 0.25) is 0 Å². The van der Waals surface area contributed by atoms with Gasteiger partial charge in [-0.25, -0.2) is 0 Å². The molecule has 5 nitrogen and oxygen atoms in total. The number of nitrogens with zero attached hydrogens (tertiary/aromatic N) is 2. The molecule has 3 rings (SSSR count). The maximum atomic E-state index is 12.2. The summed E-state index contributed by atoms with van der Waals surface area (Å²) in [5, 5.41) is 14.0. The van der Waals surface area contributed by atoms with Crippen LogP contribution in [0.4, 0.5) is 17.3 Å². The zero-order valence-electron chi connectivity index (χ0n) is 13.0. The molecule has 1 heterocycles. The summed E-state index contributed by atoms with van der Waals surface area (Å²) in [6.07, 6.45) is 0. The molecular weight excluding hydrogens is 368 g/mol. The Labute approximate surface area is 148 Å².